The maximum Gasteiger partial charge on any atom is 0.352 e. The molecule has 4 N–H and O–H groups in total. The number of carbonyl (C=O) groups is 10. The van der Waals surface area contributed by atoms with Gasteiger partial charge >= 0.3 is 56.1 Å². The van der Waals surface area contributed by atoms with Gasteiger partial charge in [-0.1, -0.05) is 0 Å². The van der Waals surface area contributed by atoms with E-state index < -0.39 is 154 Å². The fraction of sp³-hybridized carbons (Fsp3) is 0.545. The average Bonchev–Trinajstić information content (AvgIpc) is 3.47. The van der Waals surface area contributed by atoms with Crippen LogP contribution < -0.4 is 0 Å². The van der Waals surface area contributed by atoms with Crippen LogP contribution in [-0.2, 0) is 87.1 Å². The number of carboxylic acids is 2. The Hall–Kier alpha value is -5.08. The van der Waals surface area contributed by atoms with Crippen LogP contribution in [0.15, 0.2) is 0 Å². The molecule has 24 nitrogen and oxygen atoms in total. The fourth-order valence-corrected chi connectivity index (χ4v) is 6.37. The van der Waals surface area contributed by atoms with Crippen LogP contribution >= 0.6 is 0 Å². The number of nitrogens with zero attached hydrogens (tertiary/aromatic N) is 2. The Morgan fingerprint density at radius 1 is 0.562 bits per heavy atom. The van der Waals surface area contributed by atoms with Crippen molar-refractivity contribution in [1.82, 2.24) is 9.80 Å². The van der Waals surface area contributed by atoms with Crippen molar-refractivity contribution in [2.45, 2.75) is 48.3 Å². The van der Waals surface area contributed by atoms with E-state index in [1.54, 1.807) is 0 Å². The van der Waals surface area contributed by atoms with Gasteiger partial charge in [0.1, 0.15) is 13.2 Å². The minimum atomic E-state index is -5.92. The number of carboxylic acid groups (broad SMARTS) is 2. The lowest BCUT2D eigenvalue weighted by Gasteiger charge is -2.33. The summed E-state index contributed by atoms with van der Waals surface area (Å²) < 4.78 is 85.7. The van der Waals surface area contributed by atoms with E-state index in [1.165, 1.54) is 0 Å². The molecule has 0 radical (unpaired) electrons. The quantitative estimate of drug-likeness (QED) is 0.0360. The number of hydrogen-bond acceptors (Lipinski definition) is 18. The van der Waals surface area contributed by atoms with E-state index in [0.717, 1.165) is 0 Å². The van der Waals surface area contributed by atoms with Crippen molar-refractivity contribution < 1.29 is 103 Å². The number of amides is 4. The minimum Gasteiger partial charge on any atom is -0.481 e. The molecule has 0 aromatic carbocycles. The summed E-state index contributed by atoms with van der Waals surface area (Å²) in [6, 6.07) is 0. The summed E-state index contributed by atoms with van der Waals surface area (Å²) in [4.78, 5) is 112. The third kappa shape index (κ3) is 8.06. The molecule has 2 rings (SSSR count). The number of likely N-dealkylation sites (tertiary alicyclic amines) is 2. The molecule has 2 atom stereocenters. The Morgan fingerprint density at radius 3 is 1.06 bits per heavy atom. The first-order chi connectivity index (χ1) is 22.0. The lowest BCUT2D eigenvalue weighted by Crippen LogP contribution is -2.63. The highest BCUT2D eigenvalue weighted by Gasteiger charge is 2.64. The first-order valence-corrected chi connectivity index (χ1v) is 15.7. The van der Waals surface area contributed by atoms with E-state index in [4.69, 9.17) is 10.2 Å². The highest BCUT2D eigenvalue weighted by atomic mass is 32.2. The van der Waals surface area contributed by atoms with Gasteiger partial charge in [0.05, 0.1) is 12.8 Å². The summed E-state index contributed by atoms with van der Waals surface area (Å²) in [5.41, 5.74) is 0. The maximum absolute atomic E-state index is 12.7. The third-order valence-electron chi connectivity index (χ3n) is 6.35. The smallest absolute Gasteiger partial charge is 0.352 e. The molecular formula is C22H24N2O22S2. The number of esters is 4. The summed E-state index contributed by atoms with van der Waals surface area (Å²) in [6.07, 6.45) is -6.34. The second-order valence-electron chi connectivity index (χ2n) is 9.50. The normalized spacial score (nSPS) is 17.7. The number of hydrogen-bond donors (Lipinski definition) is 4. The maximum atomic E-state index is 12.7. The van der Waals surface area contributed by atoms with Crippen LogP contribution in [0.4, 0.5) is 0 Å². The van der Waals surface area contributed by atoms with Crippen LogP contribution in [-0.4, -0.2) is 142 Å². The molecule has 0 aliphatic carbocycles. The summed E-state index contributed by atoms with van der Waals surface area (Å²) >= 11 is 0. The van der Waals surface area contributed by atoms with Crippen molar-refractivity contribution in [2.75, 3.05) is 26.4 Å². The van der Waals surface area contributed by atoms with Crippen LogP contribution in [0.3, 0.4) is 0 Å². The Morgan fingerprint density at radius 2 is 0.833 bits per heavy atom. The molecule has 0 spiro atoms. The zero-order valence-corrected chi connectivity index (χ0v) is 25.6. The average molecular weight is 733 g/mol. The van der Waals surface area contributed by atoms with E-state index in [-0.39, 0.29) is 9.80 Å². The topological polar surface area (TPSA) is 363 Å². The van der Waals surface area contributed by atoms with Crippen LogP contribution in [0, 0.1) is 0 Å². The van der Waals surface area contributed by atoms with E-state index in [9.17, 15) is 73.9 Å². The second kappa shape index (κ2) is 14.8. The van der Waals surface area contributed by atoms with Gasteiger partial charge in [0.15, 0.2) is 13.2 Å². The molecule has 0 saturated carbocycles. The molecule has 0 aromatic rings. The Balaban J connectivity index is 2.00. The predicted molar refractivity (Wildman–Crippen MR) is 139 cm³/mol. The molecule has 2 unspecified atom stereocenters. The van der Waals surface area contributed by atoms with Gasteiger partial charge < -0.3 is 29.2 Å². The Bertz CT molecular complexity index is 1510. The van der Waals surface area contributed by atoms with Gasteiger partial charge in [-0.05, 0) is 0 Å². The fourth-order valence-electron chi connectivity index (χ4n) is 4.35. The molecule has 26 heteroatoms. The molecule has 2 saturated heterocycles. The molecule has 2 aliphatic rings. The van der Waals surface area contributed by atoms with E-state index in [0.29, 0.717) is 0 Å². The molecule has 266 valence electrons. The number of imide groups is 2. The van der Waals surface area contributed by atoms with Crippen LogP contribution in [0.25, 0.3) is 0 Å². The zero-order valence-electron chi connectivity index (χ0n) is 23.9. The molecule has 2 fully saturated rings. The first kappa shape index (κ1) is 39.1. The number of rotatable bonds is 17. The largest absolute Gasteiger partial charge is 0.481 e. The van der Waals surface area contributed by atoms with E-state index >= 15 is 0 Å². The molecule has 48 heavy (non-hydrogen) atoms. The third-order valence-corrected chi connectivity index (χ3v) is 9.04. The van der Waals surface area contributed by atoms with Gasteiger partial charge in [-0.3, -0.25) is 37.9 Å². The van der Waals surface area contributed by atoms with Crippen molar-refractivity contribution in [2.24, 2.45) is 0 Å². The SMILES string of the molecule is O=C(O)CC(C(=O)OCC(=O)OCCOC(=O)COC(=O)C(CC(=O)O)(N1C(=O)CCC1=O)S(=O)(=O)O)(N1C(=O)CCC1=O)S(=O)(=O)O. The van der Waals surface area contributed by atoms with Gasteiger partial charge in [-0.2, -0.15) is 16.8 Å². The molecule has 0 aromatic heterocycles. The van der Waals surface area contributed by atoms with Crippen molar-refractivity contribution >= 4 is 79.7 Å². The van der Waals surface area contributed by atoms with Crippen molar-refractivity contribution in [1.29, 1.82) is 0 Å². The minimum absolute atomic E-state index is 0.307. The molecule has 0 bridgehead atoms. The summed E-state index contributed by atoms with van der Waals surface area (Å²) in [5, 5.41) is 18.2. The number of aliphatic carboxylic acids is 2. The van der Waals surface area contributed by atoms with Crippen LogP contribution in [0.1, 0.15) is 38.5 Å². The van der Waals surface area contributed by atoms with E-state index in [2.05, 4.69) is 18.9 Å². The van der Waals surface area contributed by atoms with Crippen LogP contribution in [0.2, 0.25) is 0 Å². The van der Waals surface area contributed by atoms with E-state index in [1.807, 2.05) is 0 Å². The second-order valence-corrected chi connectivity index (χ2v) is 12.7. The van der Waals surface area contributed by atoms with Crippen molar-refractivity contribution in [3.8, 4) is 0 Å². The Kier molecular flexibility index (Phi) is 12.0. The number of ether oxygens (including phenoxy) is 4. The monoisotopic (exact) mass is 732 g/mol. The highest BCUT2D eigenvalue weighted by Crippen LogP contribution is 2.34. The van der Waals surface area contributed by atoms with Gasteiger partial charge in [-0.25, -0.2) is 29.0 Å². The lowest BCUT2D eigenvalue weighted by molar-refractivity contribution is -0.171. The zero-order chi connectivity index (χ0) is 36.8. The Labute approximate surface area is 267 Å². The van der Waals surface area contributed by atoms with Gasteiger partial charge in [0, 0.05) is 25.7 Å². The molecule has 4 amide bonds. The van der Waals surface area contributed by atoms with Crippen molar-refractivity contribution in [3.63, 3.8) is 0 Å². The summed E-state index contributed by atoms with van der Waals surface area (Å²) in [5.74, 6) is -17.1. The van der Waals surface area contributed by atoms with Crippen molar-refractivity contribution in [3.05, 3.63) is 0 Å². The first-order valence-electron chi connectivity index (χ1n) is 12.8. The molecule has 2 aliphatic heterocycles. The molecule has 2 heterocycles. The standard InChI is InChI=1S/C22H24N2O22S2/c25-11-1-2-12(26)23(11)21(7-15(29)30,47(37,38)39)19(35)45-9-17(33)43-5-6-44-18(34)10-46-20(36)22(8-16(31)32,48(40,41)42)24-13(27)3-4-14(24)28/h1-10H2,(H,29,30)(H,31,32)(H,37,38,39)(H,40,41,42). The lowest BCUT2D eigenvalue weighted by atomic mass is 10.1. The van der Waals surface area contributed by atoms with Gasteiger partial charge in [0.25, 0.3) is 9.74 Å². The van der Waals surface area contributed by atoms with Gasteiger partial charge in [-0.15, -0.1) is 0 Å². The van der Waals surface area contributed by atoms with Crippen LogP contribution in [0.5, 0.6) is 0 Å². The number of carbonyl (C=O) groups excluding carboxylic acids is 8. The predicted octanol–water partition coefficient (Wildman–Crippen LogP) is -4.43. The summed E-state index contributed by atoms with van der Waals surface area (Å²) in [7, 11) is -11.8. The summed E-state index contributed by atoms with van der Waals surface area (Å²) in [6.45, 7) is -4.79. The van der Waals surface area contributed by atoms with Gasteiger partial charge in [0.2, 0.25) is 23.6 Å². The molecular weight excluding hydrogens is 708 g/mol. The highest BCUT2D eigenvalue weighted by molar-refractivity contribution is 7.88.